The molecule has 0 radical (unpaired) electrons. The van der Waals surface area contributed by atoms with E-state index in [9.17, 15) is 8.78 Å². The lowest BCUT2D eigenvalue weighted by molar-refractivity contribution is 0.617. The fraction of sp³-hybridized carbons (Fsp3) is 0.0909. The average molecular weight is 393 g/mol. The number of hydrogen-bond acceptors (Lipinski definition) is 3. The van der Waals surface area contributed by atoms with E-state index in [1.165, 1.54) is 23.9 Å². The molecule has 0 saturated heterocycles. The van der Waals surface area contributed by atoms with Crippen LogP contribution in [0.5, 0.6) is 0 Å². The first kappa shape index (κ1) is 18.4. The minimum Gasteiger partial charge on any atom is -0.270 e. The van der Waals surface area contributed by atoms with Crippen LogP contribution in [-0.4, -0.2) is 14.8 Å². The molecule has 0 fully saturated rings. The van der Waals surface area contributed by atoms with Crippen LogP contribution in [0.1, 0.15) is 11.1 Å². The van der Waals surface area contributed by atoms with Gasteiger partial charge in [0, 0.05) is 5.75 Å². The Bertz CT molecular complexity index is 1120. The number of aryl methyl sites for hydroxylation is 1. The molecule has 0 saturated carbocycles. The third kappa shape index (κ3) is 3.55. The minimum absolute atomic E-state index is 0.258. The molecule has 0 aliphatic heterocycles. The summed E-state index contributed by atoms with van der Waals surface area (Å²) in [5.74, 6) is 0.193. The van der Waals surface area contributed by atoms with E-state index < -0.39 is 0 Å². The molecule has 0 aliphatic carbocycles. The fourth-order valence-corrected chi connectivity index (χ4v) is 3.90. The van der Waals surface area contributed by atoms with Crippen LogP contribution in [0.15, 0.2) is 78.0 Å². The quantitative estimate of drug-likeness (QED) is 0.401. The molecule has 0 spiro atoms. The van der Waals surface area contributed by atoms with Crippen molar-refractivity contribution in [3.8, 4) is 17.1 Å². The van der Waals surface area contributed by atoms with Gasteiger partial charge in [0.2, 0.25) is 0 Å². The fourth-order valence-electron chi connectivity index (χ4n) is 2.97. The number of aromatic nitrogens is 3. The van der Waals surface area contributed by atoms with E-state index in [4.69, 9.17) is 0 Å². The van der Waals surface area contributed by atoms with Crippen LogP contribution >= 0.6 is 11.8 Å². The average Bonchev–Trinajstić information content (AvgIpc) is 3.11. The van der Waals surface area contributed by atoms with Crippen LogP contribution in [0.25, 0.3) is 17.1 Å². The molecule has 3 aromatic carbocycles. The third-order valence-corrected chi connectivity index (χ3v) is 5.40. The molecule has 4 rings (SSSR count). The van der Waals surface area contributed by atoms with Gasteiger partial charge >= 0.3 is 0 Å². The van der Waals surface area contributed by atoms with Crippen molar-refractivity contribution in [1.82, 2.24) is 14.8 Å². The van der Waals surface area contributed by atoms with Crippen molar-refractivity contribution in [1.29, 1.82) is 0 Å². The van der Waals surface area contributed by atoms with Crippen molar-refractivity contribution in [2.24, 2.45) is 0 Å². The Morgan fingerprint density at radius 1 is 0.821 bits per heavy atom. The van der Waals surface area contributed by atoms with E-state index in [1.54, 1.807) is 36.4 Å². The summed E-state index contributed by atoms with van der Waals surface area (Å²) in [5, 5.41) is 9.12. The highest BCUT2D eigenvalue weighted by atomic mass is 32.2. The maximum Gasteiger partial charge on any atom is 0.196 e. The van der Waals surface area contributed by atoms with Gasteiger partial charge in [-0.05, 0) is 42.3 Å². The predicted molar refractivity (Wildman–Crippen MR) is 107 cm³/mol. The van der Waals surface area contributed by atoms with Crippen LogP contribution in [-0.2, 0) is 5.75 Å². The van der Waals surface area contributed by atoms with Crippen LogP contribution in [0.2, 0.25) is 0 Å². The van der Waals surface area contributed by atoms with E-state index in [2.05, 4.69) is 10.2 Å². The van der Waals surface area contributed by atoms with Crippen LogP contribution in [0, 0.1) is 18.6 Å². The van der Waals surface area contributed by atoms with Crippen molar-refractivity contribution in [2.45, 2.75) is 17.8 Å². The first-order chi connectivity index (χ1) is 13.6. The number of para-hydroxylation sites is 1. The molecule has 1 aromatic heterocycles. The highest BCUT2D eigenvalue weighted by Gasteiger charge is 2.20. The Kier molecular flexibility index (Phi) is 5.21. The molecule has 0 unspecified atom stereocenters. The molecule has 0 aliphatic rings. The van der Waals surface area contributed by atoms with Gasteiger partial charge in [-0.2, -0.15) is 0 Å². The van der Waals surface area contributed by atoms with E-state index in [0.717, 1.165) is 11.3 Å². The summed E-state index contributed by atoms with van der Waals surface area (Å²) in [6.07, 6.45) is 0. The zero-order valence-corrected chi connectivity index (χ0v) is 16.0. The minimum atomic E-state index is -0.365. The topological polar surface area (TPSA) is 30.7 Å². The third-order valence-electron chi connectivity index (χ3n) is 4.42. The maximum absolute atomic E-state index is 14.4. The summed E-state index contributed by atoms with van der Waals surface area (Å²) < 4.78 is 30.3. The molecule has 4 aromatic rings. The standard InChI is InChI=1S/C22H17F2N3S/c1-15-8-2-7-13-20(15)27-21(17-10-4-6-12-19(17)24)25-26-22(27)28-14-16-9-3-5-11-18(16)23/h2-13H,14H2,1H3. The Labute approximate surface area is 166 Å². The Morgan fingerprint density at radius 2 is 1.50 bits per heavy atom. The maximum atomic E-state index is 14.4. The highest BCUT2D eigenvalue weighted by Crippen LogP contribution is 2.32. The lowest BCUT2D eigenvalue weighted by atomic mass is 10.1. The summed E-state index contributed by atoms with van der Waals surface area (Å²) in [5.41, 5.74) is 2.82. The number of halogens is 2. The summed E-state index contributed by atoms with van der Waals surface area (Å²) in [4.78, 5) is 0. The molecule has 6 heteroatoms. The van der Waals surface area contributed by atoms with Gasteiger partial charge in [-0.1, -0.05) is 60.3 Å². The molecule has 140 valence electrons. The molecular formula is C22H17F2N3S. The molecule has 0 atom stereocenters. The molecule has 0 N–H and O–H groups in total. The number of nitrogens with zero attached hydrogens (tertiary/aromatic N) is 3. The molecule has 0 bridgehead atoms. The van der Waals surface area contributed by atoms with E-state index >= 15 is 0 Å². The zero-order chi connectivity index (χ0) is 19.5. The largest absolute Gasteiger partial charge is 0.270 e. The van der Waals surface area contributed by atoms with Gasteiger partial charge < -0.3 is 0 Å². The summed E-state index contributed by atoms with van der Waals surface area (Å²) in [7, 11) is 0. The summed E-state index contributed by atoms with van der Waals surface area (Å²) in [6, 6.07) is 20.9. The summed E-state index contributed by atoms with van der Waals surface area (Å²) in [6.45, 7) is 1.98. The predicted octanol–water partition coefficient (Wildman–Crippen LogP) is 5.81. The number of thioether (sulfide) groups is 1. The van der Waals surface area contributed by atoms with Gasteiger partial charge in [0.25, 0.3) is 0 Å². The lowest BCUT2D eigenvalue weighted by Crippen LogP contribution is -2.03. The monoisotopic (exact) mass is 393 g/mol. The Hall–Kier alpha value is -2.99. The van der Waals surface area contributed by atoms with Crippen LogP contribution in [0.3, 0.4) is 0 Å². The van der Waals surface area contributed by atoms with Gasteiger partial charge in [-0.25, -0.2) is 8.78 Å². The first-order valence-corrected chi connectivity index (χ1v) is 9.76. The SMILES string of the molecule is Cc1ccccc1-n1c(SCc2ccccc2F)nnc1-c1ccccc1F. The number of benzene rings is 3. The second-order valence-electron chi connectivity index (χ2n) is 6.29. The van der Waals surface area contributed by atoms with E-state index in [-0.39, 0.29) is 11.6 Å². The van der Waals surface area contributed by atoms with Gasteiger partial charge in [0.15, 0.2) is 11.0 Å². The van der Waals surface area contributed by atoms with Gasteiger partial charge in [0.05, 0.1) is 11.3 Å². The molecule has 1 heterocycles. The highest BCUT2D eigenvalue weighted by molar-refractivity contribution is 7.98. The van der Waals surface area contributed by atoms with E-state index in [0.29, 0.717) is 27.9 Å². The lowest BCUT2D eigenvalue weighted by Gasteiger charge is -2.13. The molecule has 0 amide bonds. The second-order valence-corrected chi connectivity index (χ2v) is 7.23. The smallest absolute Gasteiger partial charge is 0.196 e. The van der Waals surface area contributed by atoms with E-state index in [1.807, 2.05) is 35.8 Å². The van der Waals surface area contributed by atoms with Gasteiger partial charge in [-0.3, -0.25) is 4.57 Å². The summed E-state index contributed by atoms with van der Waals surface area (Å²) >= 11 is 1.37. The van der Waals surface area contributed by atoms with Gasteiger partial charge in [0.1, 0.15) is 11.6 Å². The molecule has 3 nitrogen and oxygen atoms in total. The molecule has 28 heavy (non-hydrogen) atoms. The second kappa shape index (κ2) is 7.94. The number of hydrogen-bond donors (Lipinski definition) is 0. The molecular weight excluding hydrogens is 376 g/mol. The van der Waals surface area contributed by atoms with Crippen LogP contribution in [0.4, 0.5) is 8.78 Å². The zero-order valence-electron chi connectivity index (χ0n) is 15.1. The van der Waals surface area contributed by atoms with Crippen molar-refractivity contribution in [3.63, 3.8) is 0 Å². The van der Waals surface area contributed by atoms with Crippen LogP contribution < -0.4 is 0 Å². The normalized spacial score (nSPS) is 11.0. The van der Waals surface area contributed by atoms with Crippen molar-refractivity contribution >= 4 is 11.8 Å². The van der Waals surface area contributed by atoms with Crippen molar-refractivity contribution in [2.75, 3.05) is 0 Å². The van der Waals surface area contributed by atoms with Gasteiger partial charge in [-0.15, -0.1) is 10.2 Å². The Balaban J connectivity index is 1.80. The van der Waals surface area contributed by atoms with Crippen molar-refractivity contribution < 1.29 is 8.78 Å². The Morgan fingerprint density at radius 3 is 2.25 bits per heavy atom. The number of rotatable bonds is 5. The van der Waals surface area contributed by atoms with Crippen molar-refractivity contribution in [3.05, 3.63) is 95.6 Å². The first-order valence-electron chi connectivity index (χ1n) is 8.77.